The summed E-state index contributed by atoms with van der Waals surface area (Å²) in [6, 6.07) is 8.35. The monoisotopic (exact) mass is 262 g/mol. The molecule has 1 heterocycles. The van der Waals surface area contributed by atoms with Crippen LogP contribution in [0.15, 0.2) is 24.3 Å². The normalized spacial score (nSPS) is 10.3. The Morgan fingerprint density at radius 3 is 3.00 bits per heavy atom. The Bertz CT molecular complexity index is 629. The molecule has 1 aromatic heterocycles. The molecule has 0 N–H and O–H groups in total. The van der Waals surface area contributed by atoms with E-state index in [0.717, 1.165) is 4.70 Å². The summed E-state index contributed by atoms with van der Waals surface area (Å²) in [5, 5.41) is 8.96. The van der Waals surface area contributed by atoms with Gasteiger partial charge in [-0.3, -0.25) is 4.79 Å². The van der Waals surface area contributed by atoms with Gasteiger partial charge in [0.15, 0.2) is 0 Å². The Morgan fingerprint density at radius 1 is 1.56 bits per heavy atom. The van der Waals surface area contributed by atoms with Crippen LogP contribution < -0.4 is 0 Å². The molecule has 0 unspecified atom stereocenters. The zero-order valence-corrected chi connectivity index (χ0v) is 10.6. The van der Waals surface area contributed by atoms with Gasteiger partial charge in [-0.25, -0.2) is 4.39 Å². The second-order valence-corrected chi connectivity index (χ2v) is 4.98. The lowest BCUT2D eigenvalue weighted by atomic mass is 10.2. The van der Waals surface area contributed by atoms with Crippen LogP contribution in [-0.2, 0) is 0 Å². The smallest absolute Gasteiger partial charge is 0.263 e. The van der Waals surface area contributed by atoms with E-state index in [0.29, 0.717) is 23.2 Å². The van der Waals surface area contributed by atoms with Gasteiger partial charge in [0.05, 0.1) is 17.4 Å². The highest BCUT2D eigenvalue weighted by Crippen LogP contribution is 2.28. The predicted octanol–water partition coefficient (Wildman–Crippen LogP) is 3.03. The number of fused-ring (bicyclic) bond motifs is 1. The summed E-state index contributed by atoms with van der Waals surface area (Å²) >= 11 is 1.27. The van der Waals surface area contributed by atoms with Crippen molar-refractivity contribution >= 4 is 27.3 Å². The van der Waals surface area contributed by atoms with Crippen LogP contribution in [0, 0.1) is 17.1 Å². The topological polar surface area (TPSA) is 44.1 Å². The predicted molar refractivity (Wildman–Crippen MR) is 69.0 cm³/mol. The molecular formula is C13H11FN2OS. The van der Waals surface area contributed by atoms with E-state index < -0.39 is 0 Å². The Balaban J connectivity index is 2.29. The SMILES string of the molecule is CN(CCC#N)C(=O)c1cc2c(F)cccc2s1. The number of carbonyl (C=O) groups excluding carboxylic acids is 1. The molecule has 92 valence electrons. The maximum atomic E-state index is 13.5. The van der Waals surface area contributed by atoms with E-state index in [1.54, 1.807) is 25.2 Å². The van der Waals surface area contributed by atoms with Gasteiger partial charge in [-0.2, -0.15) is 5.26 Å². The van der Waals surface area contributed by atoms with E-state index >= 15 is 0 Å². The van der Waals surface area contributed by atoms with E-state index in [1.807, 2.05) is 6.07 Å². The first kappa shape index (κ1) is 12.5. The fraction of sp³-hybridized carbons (Fsp3) is 0.231. The molecule has 0 aliphatic heterocycles. The molecule has 3 nitrogen and oxygen atoms in total. The summed E-state index contributed by atoms with van der Waals surface area (Å²) < 4.78 is 14.3. The number of benzene rings is 1. The molecule has 1 amide bonds. The van der Waals surface area contributed by atoms with Crippen LogP contribution in [0.2, 0.25) is 0 Å². The lowest BCUT2D eigenvalue weighted by Crippen LogP contribution is -2.26. The van der Waals surface area contributed by atoms with Crippen molar-refractivity contribution in [1.82, 2.24) is 4.90 Å². The van der Waals surface area contributed by atoms with Crippen LogP contribution in [0.1, 0.15) is 16.1 Å². The summed E-state index contributed by atoms with van der Waals surface area (Å²) in [5.41, 5.74) is 0. The molecule has 0 fully saturated rings. The van der Waals surface area contributed by atoms with Gasteiger partial charge in [0.25, 0.3) is 5.91 Å². The Hall–Kier alpha value is -1.93. The van der Waals surface area contributed by atoms with Crippen LogP contribution in [0.25, 0.3) is 10.1 Å². The fourth-order valence-electron chi connectivity index (χ4n) is 1.64. The van der Waals surface area contributed by atoms with Gasteiger partial charge in [-0.15, -0.1) is 11.3 Å². The van der Waals surface area contributed by atoms with Crippen molar-refractivity contribution < 1.29 is 9.18 Å². The molecule has 0 bridgehead atoms. The quantitative estimate of drug-likeness (QED) is 0.853. The molecule has 0 aliphatic rings. The summed E-state index contributed by atoms with van der Waals surface area (Å²) in [7, 11) is 1.64. The first-order valence-corrected chi connectivity index (χ1v) is 6.25. The zero-order chi connectivity index (χ0) is 13.1. The average Bonchev–Trinajstić information content (AvgIpc) is 2.80. The molecule has 18 heavy (non-hydrogen) atoms. The van der Waals surface area contributed by atoms with Crippen molar-refractivity contribution in [2.24, 2.45) is 0 Å². The summed E-state index contributed by atoms with van der Waals surface area (Å²) in [6.07, 6.45) is 0.293. The van der Waals surface area contributed by atoms with Crippen molar-refractivity contribution in [2.45, 2.75) is 6.42 Å². The number of halogens is 1. The highest BCUT2D eigenvalue weighted by molar-refractivity contribution is 7.20. The van der Waals surface area contributed by atoms with Crippen molar-refractivity contribution in [3.63, 3.8) is 0 Å². The maximum Gasteiger partial charge on any atom is 0.263 e. The lowest BCUT2D eigenvalue weighted by molar-refractivity contribution is 0.0803. The maximum absolute atomic E-state index is 13.5. The van der Waals surface area contributed by atoms with Gasteiger partial charge >= 0.3 is 0 Å². The summed E-state index contributed by atoms with van der Waals surface area (Å²) in [6.45, 7) is 0.381. The van der Waals surface area contributed by atoms with Crippen LogP contribution in [0.4, 0.5) is 4.39 Å². The second-order valence-electron chi connectivity index (χ2n) is 3.90. The number of rotatable bonds is 3. The minimum absolute atomic E-state index is 0.175. The first-order valence-electron chi connectivity index (χ1n) is 5.44. The molecular weight excluding hydrogens is 251 g/mol. The molecule has 0 saturated carbocycles. The van der Waals surface area contributed by atoms with Crippen molar-refractivity contribution in [3.05, 3.63) is 35.0 Å². The van der Waals surface area contributed by atoms with Crippen LogP contribution in [0.3, 0.4) is 0 Å². The molecule has 0 aliphatic carbocycles. The summed E-state index contributed by atoms with van der Waals surface area (Å²) in [4.78, 5) is 14.0. The number of hydrogen-bond donors (Lipinski definition) is 0. The third-order valence-electron chi connectivity index (χ3n) is 2.62. The van der Waals surface area contributed by atoms with Crippen LogP contribution in [-0.4, -0.2) is 24.4 Å². The van der Waals surface area contributed by atoms with Gasteiger partial charge in [-0.05, 0) is 18.2 Å². The van der Waals surface area contributed by atoms with Gasteiger partial charge in [0, 0.05) is 23.7 Å². The summed E-state index contributed by atoms with van der Waals surface area (Å²) in [5.74, 6) is -0.492. The van der Waals surface area contributed by atoms with Gasteiger partial charge in [-0.1, -0.05) is 6.07 Å². The fourth-order valence-corrected chi connectivity index (χ4v) is 2.71. The van der Waals surface area contributed by atoms with Gasteiger partial charge in [0.1, 0.15) is 5.82 Å². The number of thiophene rings is 1. The minimum Gasteiger partial charge on any atom is -0.340 e. The van der Waals surface area contributed by atoms with Crippen molar-refractivity contribution in [2.75, 3.05) is 13.6 Å². The van der Waals surface area contributed by atoms with Gasteiger partial charge in [0.2, 0.25) is 0 Å². The molecule has 2 aromatic rings. The van der Waals surface area contributed by atoms with E-state index in [1.165, 1.54) is 22.3 Å². The number of carbonyl (C=O) groups is 1. The molecule has 0 atom stereocenters. The zero-order valence-electron chi connectivity index (χ0n) is 9.81. The number of hydrogen-bond acceptors (Lipinski definition) is 3. The van der Waals surface area contributed by atoms with E-state index in [-0.39, 0.29) is 11.7 Å². The van der Waals surface area contributed by atoms with E-state index in [9.17, 15) is 9.18 Å². The highest BCUT2D eigenvalue weighted by Gasteiger charge is 2.15. The first-order chi connectivity index (χ1) is 8.63. The largest absolute Gasteiger partial charge is 0.340 e. The molecule has 0 radical (unpaired) electrons. The number of nitrogens with zero attached hydrogens (tertiary/aromatic N) is 2. The number of nitriles is 1. The van der Waals surface area contributed by atoms with Crippen LogP contribution in [0.5, 0.6) is 0 Å². The molecule has 2 rings (SSSR count). The van der Waals surface area contributed by atoms with Crippen molar-refractivity contribution in [3.8, 4) is 6.07 Å². The highest BCUT2D eigenvalue weighted by atomic mass is 32.1. The third-order valence-corrected chi connectivity index (χ3v) is 3.71. The Labute approximate surface area is 108 Å². The molecule has 1 aromatic carbocycles. The standard InChI is InChI=1S/C13H11FN2OS/c1-16(7-3-6-15)13(17)12-8-9-10(14)4-2-5-11(9)18-12/h2,4-5,8H,3,7H2,1H3. The van der Waals surface area contributed by atoms with E-state index in [4.69, 9.17) is 5.26 Å². The van der Waals surface area contributed by atoms with Gasteiger partial charge < -0.3 is 4.90 Å². The third kappa shape index (κ3) is 2.34. The molecule has 0 saturated heterocycles. The Kier molecular flexibility index (Phi) is 3.58. The molecule has 0 spiro atoms. The molecule has 5 heteroatoms. The lowest BCUT2D eigenvalue weighted by Gasteiger charge is -2.13. The minimum atomic E-state index is -0.317. The second kappa shape index (κ2) is 5.15. The van der Waals surface area contributed by atoms with Crippen LogP contribution >= 0.6 is 11.3 Å². The van der Waals surface area contributed by atoms with Crippen molar-refractivity contribution in [1.29, 1.82) is 5.26 Å². The van der Waals surface area contributed by atoms with E-state index in [2.05, 4.69) is 0 Å². The Morgan fingerprint density at radius 2 is 2.33 bits per heavy atom. The average molecular weight is 262 g/mol. The number of amides is 1.